The lowest BCUT2D eigenvalue weighted by molar-refractivity contribution is -0.115. The third kappa shape index (κ3) is 5.25. The van der Waals surface area contributed by atoms with Gasteiger partial charge in [0.05, 0.1) is 10.6 Å². The van der Waals surface area contributed by atoms with Crippen molar-refractivity contribution in [1.29, 1.82) is 0 Å². The number of carbonyl (C=O) groups excluding carboxylic acids is 1. The van der Waals surface area contributed by atoms with E-state index < -0.39 is 0 Å². The Hall–Kier alpha value is -2.73. The molecule has 4 rings (SSSR count). The first-order valence-electron chi connectivity index (χ1n) is 9.08. The molecule has 1 amide bonds. The molecule has 1 N–H and O–H groups in total. The van der Waals surface area contributed by atoms with Gasteiger partial charge in [0.25, 0.3) is 5.91 Å². The van der Waals surface area contributed by atoms with Crippen LogP contribution in [0.25, 0.3) is 6.08 Å². The summed E-state index contributed by atoms with van der Waals surface area (Å²) in [6, 6.07) is 22.2. The quantitative estimate of drug-likeness (QED) is 0.449. The number of benzene rings is 3. The molecule has 1 saturated heterocycles. The molecule has 0 radical (unpaired) electrons. The summed E-state index contributed by atoms with van der Waals surface area (Å²) >= 11 is 13.3. The average Bonchev–Trinajstić information content (AvgIpc) is 3.09. The molecule has 0 aromatic heterocycles. The number of thioether (sulfide) groups is 1. The van der Waals surface area contributed by atoms with Crippen molar-refractivity contribution < 1.29 is 9.53 Å². The number of rotatable bonds is 5. The lowest BCUT2D eigenvalue weighted by Gasteiger charge is -2.08. The van der Waals surface area contributed by atoms with E-state index >= 15 is 0 Å². The van der Waals surface area contributed by atoms with E-state index in [-0.39, 0.29) is 5.91 Å². The van der Waals surface area contributed by atoms with Gasteiger partial charge in [0.15, 0.2) is 5.17 Å². The van der Waals surface area contributed by atoms with Gasteiger partial charge in [-0.1, -0.05) is 53.5 Å². The van der Waals surface area contributed by atoms with Crippen LogP contribution in [0.5, 0.6) is 5.75 Å². The minimum atomic E-state index is -0.174. The van der Waals surface area contributed by atoms with E-state index in [1.54, 1.807) is 24.3 Å². The molecular weight excluding hydrogens is 439 g/mol. The van der Waals surface area contributed by atoms with E-state index in [0.717, 1.165) is 22.6 Å². The van der Waals surface area contributed by atoms with Crippen LogP contribution in [0.3, 0.4) is 0 Å². The summed E-state index contributed by atoms with van der Waals surface area (Å²) in [6.07, 6.45) is 1.82. The Kier molecular flexibility index (Phi) is 6.43. The first kappa shape index (κ1) is 20.5. The summed E-state index contributed by atoms with van der Waals surface area (Å²) in [5.74, 6) is 0.553. The van der Waals surface area contributed by atoms with Crippen molar-refractivity contribution in [2.45, 2.75) is 6.61 Å². The van der Waals surface area contributed by atoms with Crippen molar-refractivity contribution in [3.63, 3.8) is 0 Å². The van der Waals surface area contributed by atoms with E-state index in [1.165, 1.54) is 11.8 Å². The van der Waals surface area contributed by atoms with Gasteiger partial charge in [-0.15, -0.1) is 0 Å². The van der Waals surface area contributed by atoms with Crippen molar-refractivity contribution in [1.82, 2.24) is 5.32 Å². The van der Waals surface area contributed by atoms with Crippen LogP contribution in [0.2, 0.25) is 10.0 Å². The number of halogens is 2. The Balaban J connectivity index is 1.41. The number of nitrogens with one attached hydrogen (secondary N) is 1. The zero-order chi connectivity index (χ0) is 20.9. The van der Waals surface area contributed by atoms with Crippen molar-refractivity contribution in [2.75, 3.05) is 0 Å². The van der Waals surface area contributed by atoms with Gasteiger partial charge < -0.3 is 10.1 Å². The Bertz CT molecular complexity index is 1130. The Labute approximate surface area is 188 Å². The van der Waals surface area contributed by atoms with E-state index in [1.807, 2.05) is 54.6 Å². The van der Waals surface area contributed by atoms with Gasteiger partial charge in [-0.25, -0.2) is 4.99 Å². The van der Waals surface area contributed by atoms with E-state index in [4.69, 9.17) is 27.9 Å². The van der Waals surface area contributed by atoms with Crippen molar-refractivity contribution in [3.05, 3.63) is 98.9 Å². The summed E-state index contributed by atoms with van der Waals surface area (Å²) in [4.78, 5) is 17.3. The summed E-state index contributed by atoms with van der Waals surface area (Å²) < 4.78 is 5.79. The van der Waals surface area contributed by atoms with Crippen molar-refractivity contribution in [3.8, 4) is 5.75 Å². The molecule has 7 heteroatoms. The summed E-state index contributed by atoms with van der Waals surface area (Å²) in [6.45, 7) is 0.392. The van der Waals surface area contributed by atoms with Crippen LogP contribution in [0.1, 0.15) is 11.1 Å². The molecule has 1 aliphatic heterocycles. The molecule has 30 heavy (non-hydrogen) atoms. The number of carbonyl (C=O) groups is 1. The monoisotopic (exact) mass is 454 g/mol. The number of hydrogen-bond acceptors (Lipinski definition) is 4. The number of aliphatic imine (C=N–C) groups is 1. The first-order valence-corrected chi connectivity index (χ1v) is 10.7. The number of nitrogens with zero attached hydrogens (tertiary/aromatic N) is 1. The number of amidine groups is 1. The Morgan fingerprint density at radius 1 is 0.967 bits per heavy atom. The number of ether oxygens (including phenoxy) is 1. The summed E-state index contributed by atoms with van der Waals surface area (Å²) in [5.41, 5.74) is 2.55. The van der Waals surface area contributed by atoms with Crippen LogP contribution in [-0.4, -0.2) is 11.1 Å². The molecule has 4 nitrogen and oxygen atoms in total. The van der Waals surface area contributed by atoms with Gasteiger partial charge in [0.1, 0.15) is 12.4 Å². The second-order valence-corrected chi connectivity index (χ2v) is 8.28. The molecular formula is C23H16Cl2N2O2S. The molecule has 0 spiro atoms. The molecule has 0 unspecified atom stereocenters. The summed E-state index contributed by atoms with van der Waals surface area (Å²) in [5, 5.41) is 4.63. The molecule has 1 heterocycles. The summed E-state index contributed by atoms with van der Waals surface area (Å²) in [7, 11) is 0. The lowest BCUT2D eigenvalue weighted by Crippen LogP contribution is -2.19. The zero-order valence-corrected chi connectivity index (χ0v) is 18.0. The highest BCUT2D eigenvalue weighted by atomic mass is 35.5. The topological polar surface area (TPSA) is 50.7 Å². The predicted molar refractivity (Wildman–Crippen MR) is 124 cm³/mol. The first-order chi connectivity index (χ1) is 14.6. The van der Waals surface area contributed by atoms with Gasteiger partial charge in [0, 0.05) is 15.6 Å². The van der Waals surface area contributed by atoms with Crippen LogP contribution < -0.4 is 10.1 Å². The van der Waals surface area contributed by atoms with E-state index in [9.17, 15) is 4.79 Å². The fourth-order valence-corrected chi connectivity index (χ4v) is 3.86. The molecule has 1 fully saturated rings. The third-order valence-electron chi connectivity index (χ3n) is 4.24. The van der Waals surface area contributed by atoms with E-state index in [0.29, 0.717) is 26.7 Å². The fraction of sp³-hybridized carbons (Fsp3) is 0.0435. The van der Waals surface area contributed by atoms with Crippen LogP contribution in [0, 0.1) is 0 Å². The normalized spacial score (nSPS) is 16.1. The van der Waals surface area contributed by atoms with Gasteiger partial charge >= 0.3 is 0 Å². The zero-order valence-electron chi connectivity index (χ0n) is 15.6. The maximum atomic E-state index is 12.3. The standard InChI is InChI=1S/C23H16Cl2N2O2S/c24-17-7-9-18(10-8-17)26-23-27-22(28)21(30-23)13-15-5-11-19(12-6-15)29-14-16-3-1-2-4-20(16)25/h1-13H,14H2,(H,26,27,28)/b21-13-. The van der Waals surface area contributed by atoms with Crippen molar-refractivity contribution >= 4 is 57.8 Å². The molecule has 0 saturated carbocycles. The van der Waals surface area contributed by atoms with E-state index in [2.05, 4.69) is 10.3 Å². The lowest BCUT2D eigenvalue weighted by atomic mass is 10.2. The van der Waals surface area contributed by atoms with Crippen LogP contribution in [0.15, 0.2) is 82.7 Å². The van der Waals surface area contributed by atoms with Crippen LogP contribution >= 0.6 is 35.0 Å². The molecule has 3 aromatic rings. The fourth-order valence-electron chi connectivity index (χ4n) is 2.70. The molecule has 0 aliphatic carbocycles. The largest absolute Gasteiger partial charge is 0.489 e. The number of hydrogen-bond donors (Lipinski definition) is 1. The molecule has 3 aromatic carbocycles. The van der Waals surface area contributed by atoms with Crippen molar-refractivity contribution in [2.24, 2.45) is 4.99 Å². The SMILES string of the molecule is O=C1NC(=Nc2ccc(Cl)cc2)S/C1=C\c1ccc(OCc2ccccc2Cl)cc1. The highest BCUT2D eigenvalue weighted by molar-refractivity contribution is 8.18. The number of amides is 1. The second-order valence-electron chi connectivity index (χ2n) is 6.41. The third-order valence-corrected chi connectivity index (χ3v) is 5.77. The highest BCUT2D eigenvalue weighted by Gasteiger charge is 2.23. The molecule has 150 valence electrons. The smallest absolute Gasteiger partial charge is 0.264 e. The minimum absolute atomic E-state index is 0.174. The van der Waals surface area contributed by atoms with Gasteiger partial charge in [-0.3, -0.25) is 4.79 Å². The van der Waals surface area contributed by atoms with Crippen LogP contribution in [-0.2, 0) is 11.4 Å². The van der Waals surface area contributed by atoms with Gasteiger partial charge in [-0.2, -0.15) is 0 Å². The van der Waals surface area contributed by atoms with Gasteiger partial charge in [0.2, 0.25) is 0 Å². The Morgan fingerprint density at radius 2 is 1.70 bits per heavy atom. The highest BCUT2D eigenvalue weighted by Crippen LogP contribution is 2.29. The molecule has 0 bridgehead atoms. The van der Waals surface area contributed by atoms with Crippen LogP contribution in [0.4, 0.5) is 5.69 Å². The average molecular weight is 455 g/mol. The molecule has 0 atom stereocenters. The Morgan fingerprint density at radius 3 is 2.43 bits per heavy atom. The van der Waals surface area contributed by atoms with Gasteiger partial charge in [-0.05, 0) is 65.9 Å². The predicted octanol–water partition coefficient (Wildman–Crippen LogP) is 6.46. The second kappa shape index (κ2) is 9.39. The maximum Gasteiger partial charge on any atom is 0.264 e. The maximum absolute atomic E-state index is 12.3. The minimum Gasteiger partial charge on any atom is -0.489 e. The molecule has 1 aliphatic rings.